The Labute approximate surface area is 134 Å². The number of carbonyl (C=O) groups is 1. The van der Waals surface area contributed by atoms with Gasteiger partial charge in [-0.2, -0.15) is 0 Å². The monoisotopic (exact) mass is 319 g/mol. The number of rotatable bonds is 3. The maximum Gasteiger partial charge on any atom is 0.259 e. The van der Waals surface area contributed by atoms with E-state index in [9.17, 15) is 9.59 Å². The van der Waals surface area contributed by atoms with E-state index in [1.54, 1.807) is 37.1 Å². The standard InChI is InChI=1S/C16H21N3O2S/c1-8-7-13(20)14(9(2)17-8)16(21)19(6)10(3)15-11(4)22-12(5)18-15/h7,10H,1-6H3,(H,17,20). The van der Waals surface area contributed by atoms with Gasteiger partial charge in [0, 0.05) is 29.4 Å². The van der Waals surface area contributed by atoms with Crippen molar-refractivity contribution in [3.8, 4) is 0 Å². The van der Waals surface area contributed by atoms with Crippen LogP contribution in [0.25, 0.3) is 0 Å². The van der Waals surface area contributed by atoms with Crippen LogP contribution in [0.5, 0.6) is 0 Å². The Bertz CT molecular complexity index is 776. The second kappa shape index (κ2) is 6.04. The van der Waals surface area contributed by atoms with Gasteiger partial charge in [0.05, 0.1) is 16.7 Å². The first-order valence-corrected chi connectivity index (χ1v) is 7.95. The smallest absolute Gasteiger partial charge is 0.259 e. The molecule has 0 bridgehead atoms. The molecule has 5 nitrogen and oxygen atoms in total. The lowest BCUT2D eigenvalue weighted by Crippen LogP contribution is -2.34. The van der Waals surface area contributed by atoms with Crippen molar-refractivity contribution in [1.82, 2.24) is 14.9 Å². The highest BCUT2D eigenvalue weighted by atomic mass is 32.1. The van der Waals surface area contributed by atoms with Crippen LogP contribution in [0.15, 0.2) is 10.9 Å². The Balaban J connectivity index is 2.37. The van der Waals surface area contributed by atoms with Gasteiger partial charge in [-0.3, -0.25) is 9.59 Å². The topological polar surface area (TPSA) is 66.1 Å². The van der Waals surface area contributed by atoms with E-state index in [0.717, 1.165) is 21.3 Å². The molecule has 0 aromatic carbocycles. The Morgan fingerprint density at radius 1 is 1.32 bits per heavy atom. The first kappa shape index (κ1) is 16.4. The van der Waals surface area contributed by atoms with Crippen molar-refractivity contribution in [3.63, 3.8) is 0 Å². The summed E-state index contributed by atoms with van der Waals surface area (Å²) >= 11 is 1.61. The van der Waals surface area contributed by atoms with Gasteiger partial charge >= 0.3 is 0 Å². The van der Waals surface area contributed by atoms with Crippen LogP contribution in [-0.4, -0.2) is 27.8 Å². The SMILES string of the molecule is Cc1cc(=O)c(C(=O)N(C)C(C)c2nc(C)sc2C)c(C)[nH]1. The van der Waals surface area contributed by atoms with Gasteiger partial charge in [0.15, 0.2) is 5.43 Å². The summed E-state index contributed by atoms with van der Waals surface area (Å²) in [6, 6.07) is 1.27. The summed E-state index contributed by atoms with van der Waals surface area (Å²) in [7, 11) is 1.71. The number of aryl methyl sites for hydroxylation is 4. The van der Waals surface area contributed by atoms with Gasteiger partial charge in [0.1, 0.15) is 5.56 Å². The molecule has 1 amide bonds. The molecule has 2 aromatic heterocycles. The minimum atomic E-state index is -0.281. The molecule has 1 atom stereocenters. The van der Waals surface area contributed by atoms with Crippen LogP contribution < -0.4 is 5.43 Å². The summed E-state index contributed by atoms with van der Waals surface area (Å²) in [4.78, 5) is 35.1. The van der Waals surface area contributed by atoms with Crippen LogP contribution in [0.2, 0.25) is 0 Å². The predicted molar refractivity (Wildman–Crippen MR) is 88.6 cm³/mol. The fourth-order valence-electron chi connectivity index (χ4n) is 2.58. The molecule has 6 heteroatoms. The number of aromatic nitrogens is 2. The lowest BCUT2D eigenvalue weighted by Gasteiger charge is -2.24. The third kappa shape index (κ3) is 2.97. The highest BCUT2D eigenvalue weighted by Gasteiger charge is 2.25. The van der Waals surface area contributed by atoms with E-state index >= 15 is 0 Å². The summed E-state index contributed by atoms with van der Waals surface area (Å²) in [5, 5.41) is 0.976. The number of nitrogens with one attached hydrogen (secondary N) is 1. The first-order valence-electron chi connectivity index (χ1n) is 7.14. The fourth-order valence-corrected chi connectivity index (χ4v) is 3.49. The van der Waals surface area contributed by atoms with Crippen molar-refractivity contribution >= 4 is 17.2 Å². The maximum absolute atomic E-state index is 12.7. The van der Waals surface area contributed by atoms with E-state index in [0.29, 0.717) is 5.69 Å². The van der Waals surface area contributed by atoms with Crippen molar-refractivity contribution in [2.45, 2.75) is 40.7 Å². The number of pyridine rings is 1. The van der Waals surface area contributed by atoms with Gasteiger partial charge < -0.3 is 9.88 Å². The highest BCUT2D eigenvalue weighted by Crippen LogP contribution is 2.26. The number of aromatic amines is 1. The summed E-state index contributed by atoms with van der Waals surface area (Å²) in [6.45, 7) is 9.43. The second-order valence-corrected chi connectivity index (χ2v) is 6.99. The molecule has 118 valence electrons. The number of nitrogens with zero attached hydrogens (tertiary/aromatic N) is 2. The van der Waals surface area contributed by atoms with E-state index < -0.39 is 0 Å². The molecule has 1 N–H and O–H groups in total. The van der Waals surface area contributed by atoms with Crippen LogP contribution in [0.1, 0.15) is 50.3 Å². The number of hydrogen-bond acceptors (Lipinski definition) is 4. The van der Waals surface area contributed by atoms with Gasteiger partial charge in [-0.25, -0.2) is 4.98 Å². The zero-order valence-corrected chi connectivity index (χ0v) is 14.6. The quantitative estimate of drug-likeness (QED) is 0.946. The largest absolute Gasteiger partial charge is 0.362 e. The zero-order valence-electron chi connectivity index (χ0n) is 13.8. The third-order valence-electron chi connectivity index (χ3n) is 3.80. The average molecular weight is 319 g/mol. The molecule has 1 unspecified atom stereocenters. The van der Waals surface area contributed by atoms with Crippen LogP contribution in [0, 0.1) is 27.7 Å². The average Bonchev–Trinajstić information content (AvgIpc) is 2.74. The molecule has 0 aliphatic heterocycles. The molecule has 0 aliphatic rings. The first-order chi connectivity index (χ1) is 10.2. The van der Waals surface area contributed by atoms with Crippen LogP contribution in [0.4, 0.5) is 0 Å². The van der Waals surface area contributed by atoms with Crippen LogP contribution in [-0.2, 0) is 0 Å². The predicted octanol–water partition coefficient (Wildman–Crippen LogP) is 2.90. The maximum atomic E-state index is 12.7. The molecule has 2 rings (SSSR count). The number of thiazole rings is 1. The van der Waals surface area contributed by atoms with Gasteiger partial charge in [0.2, 0.25) is 0 Å². The molecular formula is C16H21N3O2S. The summed E-state index contributed by atoms with van der Waals surface area (Å²) < 4.78 is 0. The van der Waals surface area contributed by atoms with E-state index in [1.165, 1.54) is 6.07 Å². The van der Waals surface area contributed by atoms with Gasteiger partial charge in [-0.15, -0.1) is 11.3 Å². The van der Waals surface area contributed by atoms with Crippen molar-refractivity contribution in [3.05, 3.63) is 48.8 Å². The number of amides is 1. The van der Waals surface area contributed by atoms with Crippen molar-refractivity contribution in [1.29, 1.82) is 0 Å². The summed E-state index contributed by atoms with van der Waals surface area (Å²) in [5.41, 5.74) is 2.19. The lowest BCUT2D eigenvalue weighted by atomic mass is 10.1. The molecule has 0 fully saturated rings. The van der Waals surface area contributed by atoms with E-state index in [4.69, 9.17) is 0 Å². The molecule has 2 aromatic rings. The van der Waals surface area contributed by atoms with Crippen molar-refractivity contribution in [2.75, 3.05) is 7.05 Å². The summed E-state index contributed by atoms with van der Waals surface area (Å²) in [5.74, 6) is -0.281. The van der Waals surface area contributed by atoms with Gasteiger partial charge in [-0.1, -0.05) is 0 Å². The lowest BCUT2D eigenvalue weighted by molar-refractivity contribution is 0.0737. The van der Waals surface area contributed by atoms with Crippen LogP contribution in [0.3, 0.4) is 0 Å². The summed E-state index contributed by atoms with van der Waals surface area (Å²) in [6.07, 6.45) is 0. The second-order valence-electron chi connectivity index (χ2n) is 5.58. The molecule has 0 saturated heterocycles. The highest BCUT2D eigenvalue weighted by molar-refractivity contribution is 7.11. The fraction of sp³-hybridized carbons (Fsp3) is 0.438. The Hall–Kier alpha value is -1.95. The molecule has 0 radical (unpaired) electrons. The molecule has 0 saturated carbocycles. The Morgan fingerprint density at radius 2 is 1.95 bits per heavy atom. The van der Waals surface area contributed by atoms with Crippen molar-refractivity contribution in [2.24, 2.45) is 0 Å². The van der Waals surface area contributed by atoms with E-state index in [2.05, 4.69) is 9.97 Å². The normalized spacial score (nSPS) is 12.3. The van der Waals surface area contributed by atoms with E-state index in [1.807, 2.05) is 20.8 Å². The van der Waals surface area contributed by atoms with Crippen molar-refractivity contribution < 1.29 is 4.79 Å². The third-order valence-corrected chi connectivity index (χ3v) is 4.71. The molecule has 22 heavy (non-hydrogen) atoms. The number of H-pyrrole nitrogens is 1. The zero-order chi connectivity index (χ0) is 16.6. The molecule has 2 heterocycles. The van der Waals surface area contributed by atoms with E-state index in [-0.39, 0.29) is 22.9 Å². The molecule has 0 aliphatic carbocycles. The van der Waals surface area contributed by atoms with Gasteiger partial charge in [-0.05, 0) is 34.6 Å². The number of carbonyl (C=O) groups excluding carboxylic acids is 1. The minimum absolute atomic E-state index is 0.183. The van der Waals surface area contributed by atoms with Gasteiger partial charge in [0.25, 0.3) is 5.91 Å². The minimum Gasteiger partial charge on any atom is -0.362 e. The molecule has 0 spiro atoms. The van der Waals surface area contributed by atoms with Crippen LogP contribution >= 0.6 is 11.3 Å². The Kier molecular flexibility index (Phi) is 4.51. The molecular weight excluding hydrogens is 298 g/mol. The Morgan fingerprint density at radius 3 is 2.45 bits per heavy atom. The number of hydrogen-bond donors (Lipinski definition) is 1.